The van der Waals surface area contributed by atoms with Crippen molar-refractivity contribution in [2.24, 2.45) is 5.92 Å². The Morgan fingerprint density at radius 2 is 1.89 bits per heavy atom. The van der Waals surface area contributed by atoms with Gasteiger partial charge in [0.1, 0.15) is 11.6 Å². The van der Waals surface area contributed by atoms with Gasteiger partial charge >= 0.3 is 6.18 Å². The molecule has 0 N–H and O–H groups in total. The van der Waals surface area contributed by atoms with Gasteiger partial charge in [-0.25, -0.2) is 9.97 Å². The van der Waals surface area contributed by atoms with Gasteiger partial charge in [-0.2, -0.15) is 13.2 Å². The Bertz CT molecular complexity index is 1100. The molecule has 0 aromatic carbocycles. The summed E-state index contributed by atoms with van der Waals surface area (Å²) in [6.07, 6.45) is 0.295. The van der Waals surface area contributed by atoms with Crippen LogP contribution in [0.4, 0.5) is 24.7 Å². The van der Waals surface area contributed by atoms with Crippen LogP contribution in [-0.4, -0.2) is 78.3 Å². The molecule has 1 aliphatic carbocycles. The van der Waals surface area contributed by atoms with Crippen molar-refractivity contribution in [2.45, 2.75) is 37.6 Å². The first-order chi connectivity index (χ1) is 17.2. The van der Waals surface area contributed by atoms with Crippen LogP contribution in [0, 0.1) is 5.92 Å². The van der Waals surface area contributed by atoms with E-state index in [0.717, 1.165) is 18.7 Å². The number of nitrogens with zero attached hydrogens (tertiary/aromatic N) is 5. The van der Waals surface area contributed by atoms with Gasteiger partial charge in [0.15, 0.2) is 12.7 Å². The van der Waals surface area contributed by atoms with E-state index in [1.807, 2.05) is 29.0 Å². The second kappa shape index (κ2) is 9.47. The zero-order valence-corrected chi connectivity index (χ0v) is 19.6. The maximum atomic E-state index is 12.9. The lowest BCUT2D eigenvalue weighted by Crippen LogP contribution is -2.54. The number of amides is 2. The maximum Gasteiger partial charge on any atom is 0.422 e. The van der Waals surface area contributed by atoms with Crippen LogP contribution in [0.25, 0.3) is 0 Å². The normalized spacial score (nSPS) is 20.3. The van der Waals surface area contributed by atoms with Gasteiger partial charge < -0.3 is 24.2 Å². The van der Waals surface area contributed by atoms with Crippen molar-refractivity contribution in [3.63, 3.8) is 0 Å². The van der Waals surface area contributed by atoms with Crippen molar-refractivity contribution in [3.05, 3.63) is 36.7 Å². The third kappa shape index (κ3) is 5.31. The minimum absolute atomic E-state index is 0.00472. The quantitative estimate of drug-likeness (QED) is 0.545. The zero-order chi connectivity index (χ0) is 25.4. The molecule has 2 aliphatic heterocycles. The van der Waals surface area contributed by atoms with Gasteiger partial charge in [-0.05, 0) is 31.0 Å². The molecule has 3 fully saturated rings. The number of alkyl halides is 3. The van der Waals surface area contributed by atoms with Crippen molar-refractivity contribution in [3.8, 4) is 11.6 Å². The monoisotopic (exact) mass is 505 g/mol. The molecule has 12 heteroatoms. The number of hydrogen-bond acceptors (Lipinski definition) is 7. The van der Waals surface area contributed by atoms with Crippen LogP contribution in [0.1, 0.15) is 19.3 Å². The zero-order valence-electron chi connectivity index (χ0n) is 19.6. The fourth-order valence-corrected chi connectivity index (χ4v) is 4.34. The third-order valence-electron chi connectivity index (χ3n) is 6.57. The molecule has 2 aromatic heterocycles. The second-order valence-corrected chi connectivity index (χ2v) is 9.28. The number of anilines is 2. The van der Waals surface area contributed by atoms with Gasteiger partial charge in [0.25, 0.3) is 5.91 Å². The van der Waals surface area contributed by atoms with Crippen LogP contribution in [0.2, 0.25) is 0 Å². The molecule has 0 spiro atoms. The average molecular weight is 505 g/mol. The Balaban J connectivity index is 1.12. The fraction of sp³-hybridized carbons (Fsp3) is 0.500. The van der Waals surface area contributed by atoms with Gasteiger partial charge in [-0.15, -0.1) is 0 Å². The summed E-state index contributed by atoms with van der Waals surface area (Å²) in [6.45, 7) is 0.277. The van der Waals surface area contributed by atoms with Gasteiger partial charge in [0.2, 0.25) is 11.8 Å². The van der Waals surface area contributed by atoms with Crippen LogP contribution >= 0.6 is 0 Å². The molecule has 192 valence electrons. The van der Waals surface area contributed by atoms with Crippen molar-refractivity contribution in [1.29, 1.82) is 0 Å². The van der Waals surface area contributed by atoms with E-state index in [9.17, 15) is 22.8 Å². The molecule has 3 aliphatic rings. The van der Waals surface area contributed by atoms with Crippen molar-refractivity contribution >= 4 is 23.3 Å². The fourth-order valence-electron chi connectivity index (χ4n) is 4.34. The number of hydrogen-bond donors (Lipinski definition) is 0. The summed E-state index contributed by atoms with van der Waals surface area (Å²) in [5, 5.41) is 0. The Labute approximate surface area is 205 Å². The molecule has 0 bridgehead atoms. The first kappa shape index (κ1) is 24.1. The second-order valence-electron chi connectivity index (χ2n) is 9.28. The average Bonchev–Trinajstić information content (AvgIpc) is 3.61. The number of carbonyl (C=O) groups is 2. The highest BCUT2D eigenvalue weighted by Crippen LogP contribution is 2.31. The van der Waals surface area contributed by atoms with Crippen LogP contribution < -0.4 is 19.3 Å². The molecule has 1 atom stereocenters. The Morgan fingerprint density at radius 1 is 1.11 bits per heavy atom. The summed E-state index contributed by atoms with van der Waals surface area (Å²) in [5.74, 6) is 0.790. The molecule has 0 unspecified atom stereocenters. The van der Waals surface area contributed by atoms with Gasteiger partial charge in [-0.3, -0.25) is 9.59 Å². The smallest absolute Gasteiger partial charge is 0.422 e. The summed E-state index contributed by atoms with van der Waals surface area (Å²) in [5.41, 5.74) is 0.644. The first-order valence-corrected chi connectivity index (χ1v) is 11.8. The summed E-state index contributed by atoms with van der Waals surface area (Å²) in [7, 11) is 1.87. The minimum atomic E-state index is -4.45. The van der Waals surface area contributed by atoms with E-state index < -0.39 is 18.9 Å². The Hall–Kier alpha value is -3.57. The van der Waals surface area contributed by atoms with E-state index in [2.05, 4.69) is 14.7 Å². The highest BCUT2D eigenvalue weighted by molar-refractivity contribution is 5.99. The summed E-state index contributed by atoms with van der Waals surface area (Å²) in [4.78, 5) is 39.1. The van der Waals surface area contributed by atoms with Crippen LogP contribution in [0.3, 0.4) is 0 Å². The number of rotatable bonds is 8. The van der Waals surface area contributed by atoms with E-state index >= 15 is 0 Å². The predicted molar refractivity (Wildman–Crippen MR) is 123 cm³/mol. The Kier molecular flexibility index (Phi) is 6.35. The van der Waals surface area contributed by atoms with Crippen molar-refractivity contribution in [1.82, 2.24) is 14.9 Å². The molecular formula is C24H26F3N5O4. The molecule has 2 aromatic rings. The van der Waals surface area contributed by atoms with Crippen molar-refractivity contribution < 1.29 is 32.2 Å². The van der Waals surface area contributed by atoms with E-state index in [4.69, 9.17) is 4.74 Å². The van der Waals surface area contributed by atoms with Gasteiger partial charge in [0.05, 0.1) is 24.0 Å². The van der Waals surface area contributed by atoms with E-state index in [0.29, 0.717) is 37.8 Å². The molecule has 5 rings (SSSR count). The molecule has 4 heterocycles. The van der Waals surface area contributed by atoms with E-state index in [1.54, 1.807) is 11.1 Å². The molecule has 36 heavy (non-hydrogen) atoms. The van der Waals surface area contributed by atoms with Crippen LogP contribution in [0.5, 0.6) is 11.6 Å². The number of ether oxygens (including phenoxy) is 2. The minimum Gasteiger partial charge on any atom is -0.479 e. The standard InChI is InChI=1S/C24H26F3N5O4/c1-30(16-2-3-16)22(33)15-12-31(13-15)20-6-4-17(10-28-20)32-9-8-19(23(32)34)36-18-5-7-21(29-11-18)35-14-24(25,26)27/h4-7,10-11,15-16,19H,2-3,8-9,12-14H2,1H3/t19-/m1/s1. The predicted octanol–water partition coefficient (Wildman–Crippen LogP) is 2.66. The lowest BCUT2D eigenvalue weighted by atomic mass is 9.98. The SMILES string of the molecule is CN(C(=O)C1CN(c2ccc(N3CC[C@@H](Oc4ccc(OCC(F)(F)F)nc4)C3=O)cn2)C1)C1CC1. The van der Waals surface area contributed by atoms with Gasteiger partial charge in [-0.1, -0.05) is 0 Å². The Morgan fingerprint density at radius 3 is 2.50 bits per heavy atom. The maximum absolute atomic E-state index is 12.9. The van der Waals surface area contributed by atoms with E-state index in [-0.39, 0.29) is 29.4 Å². The van der Waals surface area contributed by atoms with Crippen LogP contribution in [-0.2, 0) is 9.59 Å². The molecule has 2 amide bonds. The molecule has 2 saturated heterocycles. The van der Waals surface area contributed by atoms with Crippen LogP contribution in [0.15, 0.2) is 36.7 Å². The highest BCUT2D eigenvalue weighted by Gasteiger charge is 2.40. The highest BCUT2D eigenvalue weighted by atomic mass is 19.4. The number of aromatic nitrogens is 2. The molecule has 9 nitrogen and oxygen atoms in total. The lowest BCUT2D eigenvalue weighted by molar-refractivity contribution is -0.154. The molecule has 1 saturated carbocycles. The number of carbonyl (C=O) groups excluding carboxylic acids is 2. The molecule has 0 radical (unpaired) electrons. The summed E-state index contributed by atoms with van der Waals surface area (Å²) >= 11 is 0. The number of halogens is 3. The largest absolute Gasteiger partial charge is 0.479 e. The first-order valence-electron chi connectivity index (χ1n) is 11.8. The topological polar surface area (TPSA) is 88.1 Å². The third-order valence-corrected chi connectivity index (χ3v) is 6.57. The number of pyridine rings is 2. The lowest BCUT2D eigenvalue weighted by Gasteiger charge is -2.40. The summed E-state index contributed by atoms with van der Waals surface area (Å²) in [6, 6.07) is 6.74. The van der Waals surface area contributed by atoms with Gasteiger partial charge in [0, 0.05) is 45.2 Å². The van der Waals surface area contributed by atoms with E-state index in [1.165, 1.54) is 18.3 Å². The van der Waals surface area contributed by atoms with Crippen molar-refractivity contribution in [2.75, 3.05) is 43.1 Å². The summed E-state index contributed by atoms with van der Waals surface area (Å²) < 4.78 is 47.0. The molecular weight excluding hydrogens is 479 g/mol.